The van der Waals surface area contributed by atoms with Gasteiger partial charge in [0.1, 0.15) is 18.3 Å². The number of benzene rings is 1. The number of alkyl halides is 2. The minimum atomic E-state index is -2.56. The van der Waals surface area contributed by atoms with Gasteiger partial charge in [-0.2, -0.15) is 5.10 Å². The number of ether oxygens (including phenoxy) is 1. The maximum Gasteiger partial charge on any atom is 0.272 e. The molecule has 0 unspecified atom stereocenters. The summed E-state index contributed by atoms with van der Waals surface area (Å²) in [4.78, 5) is 14.6. The Morgan fingerprint density at radius 2 is 2.12 bits per heavy atom. The Morgan fingerprint density at radius 1 is 1.36 bits per heavy atom. The maximum atomic E-state index is 12.9. The number of morpholine rings is 1. The predicted octanol–water partition coefficient (Wildman–Crippen LogP) is 3.06. The summed E-state index contributed by atoms with van der Waals surface area (Å²) >= 11 is 0. The summed E-state index contributed by atoms with van der Waals surface area (Å²) in [6, 6.07) is 9.22. The molecule has 1 amide bonds. The van der Waals surface area contributed by atoms with Crippen molar-refractivity contribution >= 4 is 5.91 Å². The number of aromatic nitrogens is 2. The molecule has 0 N–H and O–H groups in total. The highest BCUT2D eigenvalue weighted by Crippen LogP contribution is 2.28. The van der Waals surface area contributed by atoms with Crippen LogP contribution in [0.1, 0.15) is 34.6 Å². The summed E-state index contributed by atoms with van der Waals surface area (Å²) in [6.07, 6.45) is -1.42. The highest BCUT2D eigenvalue weighted by atomic mass is 19.3. The van der Waals surface area contributed by atoms with Gasteiger partial charge < -0.3 is 9.64 Å². The normalized spacial score (nSPS) is 20.9. The van der Waals surface area contributed by atoms with Crippen LogP contribution in [-0.4, -0.2) is 46.2 Å². The van der Waals surface area contributed by atoms with Crippen molar-refractivity contribution in [3.8, 4) is 0 Å². The first-order valence-corrected chi connectivity index (χ1v) is 8.25. The Morgan fingerprint density at radius 3 is 2.84 bits per heavy atom. The lowest BCUT2D eigenvalue weighted by Gasteiger charge is -2.38. The summed E-state index contributed by atoms with van der Waals surface area (Å²) in [6.45, 7) is 4.08. The molecule has 2 aromatic rings. The predicted molar refractivity (Wildman–Crippen MR) is 88.6 cm³/mol. The molecule has 134 valence electrons. The fraction of sp³-hybridized carbons (Fsp3) is 0.444. The van der Waals surface area contributed by atoms with E-state index >= 15 is 0 Å². The zero-order valence-corrected chi connectivity index (χ0v) is 14.2. The van der Waals surface area contributed by atoms with Crippen molar-refractivity contribution in [2.45, 2.75) is 39.0 Å². The molecule has 2 heterocycles. The molecule has 5 nitrogen and oxygen atoms in total. The maximum absolute atomic E-state index is 12.9. The molecular formula is C18H21F2N3O2. The Balaban J connectivity index is 1.82. The van der Waals surface area contributed by atoms with E-state index in [9.17, 15) is 13.6 Å². The number of hydrogen-bond donors (Lipinski definition) is 0. The number of amides is 1. The molecule has 1 aliphatic heterocycles. The Bertz CT molecular complexity index is 747. The van der Waals surface area contributed by atoms with Gasteiger partial charge in [-0.3, -0.25) is 9.48 Å². The molecule has 25 heavy (non-hydrogen) atoms. The van der Waals surface area contributed by atoms with E-state index < -0.39 is 13.0 Å². The molecule has 0 radical (unpaired) electrons. The molecule has 1 aromatic heterocycles. The van der Waals surface area contributed by atoms with Gasteiger partial charge >= 0.3 is 0 Å². The van der Waals surface area contributed by atoms with E-state index in [2.05, 4.69) is 5.10 Å². The summed E-state index contributed by atoms with van der Waals surface area (Å²) in [5.41, 5.74) is 2.31. The minimum absolute atomic E-state index is 0.136. The largest absolute Gasteiger partial charge is 0.370 e. The topological polar surface area (TPSA) is 47.4 Å². The van der Waals surface area contributed by atoms with Crippen molar-refractivity contribution in [1.29, 1.82) is 0 Å². The average molecular weight is 349 g/mol. The second-order valence-electron chi connectivity index (χ2n) is 6.27. The van der Waals surface area contributed by atoms with Gasteiger partial charge in [-0.05, 0) is 31.0 Å². The van der Waals surface area contributed by atoms with Gasteiger partial charge in [0.25, 0.3) is 12.3 Å². The van der Waals surface area contributed by atoms with E-state index in [1.807, 2.05) is 38.1 Å². The highest BCUT2D eigenvalue weighted by molar-refractivity contribution is 5.92. The molecule has 0 spiro atoms. The monoisotopic (exact) mass is 349 g/mol. The lowest BCUT2D eigenvalue weighted by Crippen LogP contribution is -2.48. The Hall–Kier alpha value is -2.28. The first kappa shape index (κ1) is 17.5. The van der Waals surface area contributed by atoms with Crippen molar-refractivity contribution in [3.63, 3.8) is 0 Å². The summed E-state index contributed by atoms with van der Waals surface area (Å²) in [7, 11) is 0. The van der Waals surface area contributed by atoms with Crippen molar-refractivity contribution in [2.24, 2.45) is 0 Å². The molecule has 1 fully saturated rings. The van der Waals surface area contributed by atoms with Crippen LogP contribution in [0.2, 0.25) is 0 Å². The van der Waals surface area contributed by atoms with Crippen molar-refractivity contribution in [3.05, 3.63) is 53.3 Å². The van der Waals surface area contributed by atoms with Gasteiger partial charge in [-0.25, -0.2) is 8.78 Å². The van der Waals surface area contributed by atoms with Gasteiger partial charge in [-0.15, -0.1) is 0 Å². The van der Waals surface area contributed by atoms with E-state index in [0.717, 1.165) is 15.8 Å². The SMILES string of the molecule is Cc1ccccc1[C@@H]1CN(C(=O)c2ccnn2CC(F)F)[C@H](C)CO1. The van der Waals surface area contributed by atoms with Gasteiger partial charge in [0, 0.05) is 6.20 Å². The molecule has 0 aliphatic carbocycles. The zero-order chi connectivity index (χ0) is 18.0. The quantitative estimate of drug-likeness (QED) is 0.852. The number of nitrogens with zero attached hydrogens (tertiary/aromatic N) is 3. The molecule has 1 aliphatic rings. The number of aryl methyl sites for hydroxylation is 1. The molecule has 1 aromatic carbocycles. The van der Waals surface area contributed by atoms with E-state index in [-0.39, 0.29) is 23.7 Å². The van der Waals surface area contributed by atoms with Crippen LogP contribution in [0.3, 0.4) is 0 Å². The molecule has 2 atom stereocenters. The third-order valence-electron chi connectivity index (χ3n) is 4.48. The fourth-order valence-corrected chi connectivity index (χ4v) is 3.11. The lowest BCUT2D eigenvalue weighted by atomic mass is 10.0. The average Bonchev–Trinajstić information content (AvgIpc) is 3.03. The van der Waals surface area contributed by atoms with Crippen LogP contribution in [0.5, 0.6) is 0 Å². The van der Waals surface area contributed by atoms with Gasteiger partial charge in [0.15, 0.2) is 0 Å². The van der Waals surface area contributed by atoms with Crippen LogP contribution in [0, 0.1) is 6.92 Å². The third kappa shape index (κ3) is 3.71. The second-order valence-corrected chi connectivity index (χ2v) is 6.27. The Kier molecular flexibility index (Phi) is 5.13. The molecular weight excluding hydrogens is 328 g/mol. The van der Waals surface area contributed by atoms with Crippen LogP contribution in [0.25, 0.3) is 0 Å². The first-order chi connectivity index (χ1) is 12.0. The van der Waals surface area contributed by atoms with Crippen LogP contribution in [0.15, 0.2) is 36.5 Å². The van der Waals surface area contributed by atoms with Crippen LogP contribution >= 0.6 is 0 Å². The molecule has 0 saturated carbocycles. The summed E-state index contributed by atoms with van der Waals surface area (Å²) < 4.78 is 32.3. The smallest absolute Gasteiger partial charge is 0.272 e. The second kappa shape index (κ2) is 7.31. The zero-order valence-electron chi connectivity index (χ0n) is 14.2. The third-order valence-corrected chi connectivity index (χ3v) is 4.48. The number of carbonyl (C=O) groups is 1. The highest BCUT2D eigenvalue weighted by Gasteiger charge is 2.33. The number of carbonyl (C=O) groups excluding carboxylic acids is 1. The summed E-state index contributed by atoms with van der Waals surface area (Å²) in [5.74, 6) is -0.299. The van der Waals surface area contributed by atoms with E-state index in [1.54, 1.807) is 4.90 Å². The van der Waals surface area contributed by atoms with Crippen molar-refractivity contribution in [2.75, 3.05) is 13.2 Å². The molecule has 0 bridgehead atoms. The Labute approximate surface area is 145 Å². The minimum Gasteiger partial charge on any atom is -0.370 e. The van der Waals surface area contributed by atoms with E-state index in [4.69, 9.17) is 4.74 Å². The number of halogens is 2. The molecule has 7 heteroatoms. The van der Waals surface area contributed by atoms with Crippen LogP contribution in [0.4, 0.5) is 8.78 Å². The van der Waals surface area contributed by atoms with Crippen molar-refractivity contribution < 1.29 is 18.3 Å². The van der Waals surface area contributed by atoms with Gasteiger partial charge in [0.05, 0.1) is 19.2 Å². The fourth-order valence-electron chi connectivity index (χ4n) is 3.11. The van der Waals surface area contributed by atoms with Gasteiger partial charge in [-0.1, -0.05) is 24.3 Å². The molecule has 1 saturated heterocycles. The standard InChI is InChI=1S/C18H21F2N3O2/c1-12-5-3-4-6-14(12)16-9-22(13(2)11-25-16)18(24)15-7-8-21-23(15)10-17(19)20/h3-8,13,16-17H,9-11H2,1-2H3/t13-,16+/m1/s1. The lowest BCUT2D eigenvalue weighted by molar-refractivity contribution is -0.0493. The summed E-state index contributed by atoms with van der Waals surface area (Å²) in [5, 5.41) is 3.85. The van der Waals surface area contributed by atoms with Gasteiger partial charge in [0.2, 0.25) is 0 Å². The van der Waals surface area contributed by atoms with Crippen LogP contribution in [-0.2, 0) is 11.3 Å². The number of hydrogen-bond acceptors (Lipinski definition) is 3. The van der Waals surface area contributed by atoms with E-state index in [0.29, 0.717) is 13.2 Å². The van der Waals surface area contributed by atoms with Crippen molar-refractivity contribution in [1.82, 2.24) is 14.7 Å². The first-order valence-electron chi connectivity index (χ1n) is 8.25. The molecule has 3 rings (SSSR count). The van der Waals surface area contributed by atoms with Crippen LogP contribution < -0.4 is 0 Å². The van der Waals surface area contributed by atoms with E-state index in [1.165, 1.54) is 12.3 Å². The number of rotatable bonds is 4.